The van der Waals surface area contributed by atoms with Crippen molar-refractivity contribution in [3.8, 4) is 0 Å². The molecular formula is C16H19N3S2. The topological polar surface area (TPSA) is 29.9 Å². The van der Waals surface area contributed by atoms with E-state index in [9.17, 15) is 0 Å². The lowest BCUT2D eigenvalue weighted by Gasteiger charge is -2.17. The zero-order chi connectivity index (χ0) is 14.7. The average Bonchev–Trinajstić information content (AvgIpc) is 3.21. The molecule has 5 heteroatoms. The van der Waals surface area contributed by atoms with Crippen molar-refractivity contribution in [2.75, 3.05) is 0 Å². The largest absolute Gasteiger partial charge is 0.336 e. The van der Waals surface area contributed by atoms with Gasteiger partial charge in [-0.1, -0.05) is 13.0 Å². The van der Waals surface area contributed by atoms with E-state index in [4.69, 9.17) is 0 Å². The van der Waals surface area contributed by atoms with Crippen molar-refractivity contribution in [3.63, 3.8) is 0 Å². The summed E-state index contributed by atoms with van der Waals surface area (Å²) in [5.74, 6) is 1.06. The van der Waals surface area contributed by atoms with E-state index < -0.39 is 0 Å². The van der Waals surface area contributed by atoms with Crippen molar-refractivity contribution in [1.29, 1.82) is 0 Å². The molecule has 3 nitrogen and oxygen atoms in total. The Balaban J connectivity index is 1.82. The highest BCUT2D eigenvalue weighted by Gasteiger charge is 2.19. The van der Waals surface area contributed by atoms with Gasteiger partial charge in [0.15, 0.2) is 0 Å². The predicted octanol–water partition coefficient (Wildman–Crippen LogP) is 3.98. The molecule has 3 aromatic rings. The minimum Gasteiger partial charge on any atom is -0.336 e. The molecule has 3 rings (SSSR count). The summed E-state index contributed by atoms with van der Waals surface area (Å²) in [6, 6.07) is 6.64. The fourth-order valence-electron chi connectivity index (χ4n) is 2.46. The highest BCUT2D eigenvalue weighted by atomic mass is 32.1. The molecule has 3 aromatic heterocycles. The van der Waals surface area contributed by atoms with Gasteiger partial charge in [-0.05, 0) is 34.9 Å². The molecule has 0 aliphatic heterocycles. The number of nitrogens with one attached hydrogen (secondary N) is 1. The molecule has 1 unspecified atom stereocenters. The predicted molar refractivity (Wildman–Crippen MR) is 89.9 cm³/mol. The molecule has 1 N–H and O–H groups in total. The number of aromatic nitrogens is 2. The highest BCUT2D eigenvalue weighted by molar-refractivity contribution is 7.10. The zero-order valence-corrected chi connectivity index (χ0v) is 13.9. The van der Waals surface area contributed by atoms with Gasteiger partial charge in [0, 0.05) is 35.7 Å². The van der Waals surface area contributed by atoms with Gasteiger partial charge in [-0.2, -0.15) is 0 Å². The summed E-state index contributed by atoms with van der Waals surface area (Å²) in [7, 11) is 2.05. The summed E-state index contributed by atoms with van der Waals surface area (Å²) in [6.45, 7) is 3.09. The zero-order valence-electron chi connectivity index (χ0n) is 12.2. The summed E-state index contributed by atoms with van der Waals surface area (Å²) < 4.78 is 2.09. The number of hydrogen-bond donors (Lipinski definition) is 1. The second kappa shape index (κ2) is 6.56. The third-order valence-electron chi connectivity index (χ3n) is 3.63. The third-order valence-corrected chi connectivity index (χ3v) is 5.53. The molecular weight excluding hydrogens is 298 g/mol. The summed E-state index contributed by atoms with van der Waals surface area (Å²) in [5, 5.41) is 7.98. The fourth-order valence-corrected chi connectivity index (χ4v) is 4.19. The van der Waals surface area contributed by atoms with E-state index in [1.165, 1.54) is 15.3 Å². The number of aryl methyl sites for hydroxylation is 2. The van der Waals surface area contributed by atoms with Gasteiger partial charge in [0.25, 0.3) is 0 Å². The van der Waals surface area contributed by atoms with Crippen molar-refractivity contribution in [1.82, 2.24) is 14.9 Å². The van der Waals surface area contributed by atoms with E-state index in [-0.39, 0.29) is 6.04 Å². The molecule has 110 valence electrons. The molecule has 0 amide bonds. The number of imidazole rings is 1. The second-order valence-electron chi connectivity index (χ2n) is 4.95. The molecule has 0 aliphatic rings. The SMILES string of the molecule is CCc1ccsc1CNC(c1cccs1)c1nccn1C. The first-order valence-electron chi connectivity index (χ1n) is 7.08. The van der Waals surface area contributed by atoms with Crippen molar-refractivity contribution in [3.05, 3.63) is 62.5 Å². The van der Waals surface area contributed by atoms with Gasteiger partial charge in [0.05, 0.1) is 0 Å². The first-order valence-corrected chi connectivity index (χ1v) is 8.84. The Kier molecular flexibility index (Phi) is 4.53. The van der Waals surface area contributed by atoms with Crippen molar-refractivity contribution < 1.29 is 0 Å². The van der Waals surface area contributed by atoms with Crippen LogP contribution >= 0.6 is 22.7 Å². The Morgan fingerprint density at radius 1 is 1.29 bits per heavy atom. The Morgan fingerprint density at radius 3 is 2.86 bits per heavy atom. The molecule has 1 atom stereocenters. The number of thiophene rings is 2. The van der Waals surface area contributed by atoms with E-state index >= 15 is 0 Å². The standard InChI is InChI=1S/C16H19N3S2/c1-3-12-6-10-21-14(12)11-18-15(13-5-4-9-20-13)16-17-7-8-19(16)2/h4-10,15,18H,3,11H2,1-2H3. The fraction of sp³-hybridized carbons (Fsp3) is 0.312. The second-order valence-corrected chi connectivity index (χ2v) is 6.93. The Morgan fingerprint density at radius 2 is 2.19 bits per heavy atom. The molecule has 0 spiro atoms. The summed E-state index contributed by atoms with van der Waals surface area (Å²) >= 11 is 3.60. The van der Waals surface area contributed by atoms with Crippen LogP contribution in [0.15, 0.2) is 41.4 Å². The van der Waals surface area contributed by atoms with Gasteiger partial charge in [0.2, 0.25) is 0 Å². The van der Waals surface area contributed by atoms with Crippen LogP contribution in [0.3, 0.4) is 0 Å². The van der Waals surface area contributed by atoms with Gasteiger partial charge in [0.1, 0.15) is 11.9 Å². The number of nitrogens with zero attached hydrogens (tertiary/aromatic N) is 2. The first-order chi connectivity index (χ1) is 10.3. The van der Waals surface area contributed by atoms with E-state index in [2.05, 4.69) is 50.8 Å². The lowest BCUT2D eigenvalue weighted by atomic mass is 10.2. The number of hydrogen-bond acceptors (Lipinski definition) is 4. The summed E-state index contributed by atoms with van der Waals surface area (Å²) in [4.78, 5) is 7.25. The first kappa shape index (κ1) is 14.5. The van der Waals surface area contributed by atoms with Crippen LogP contribution in [0.25, 0.3) is 0 Å². The van der Waals surface area contributed by atoms with E-state index in [1.807, 2.05) is 30.8 Å². The van der Waals surface area contributed by atoms with Crippen molar-refractivity contribution in [2.45, 2.75) is 25.9 Å². The van der Waals surface area contributed by atoms with Gasteiger partial charge in [-0.25, -0.2) is 4.98 Å². The summed E-state index contributed by atoms with van der Waals surface area (Å²) in [5.41, 5.74) is 1.44. The van der Waals surface area contributed by atoms with Gasteiger partial charge in [-0.15, -0.1) is 22.7 Å². The summed E-state index contributed by atoms with van der Waals surface area (Å²) in [6.07, 6.45) is 4.95. The normalized spacial score (nSPS) is 12.7. The highest BCUT2D eigenvalue weighted by Crippen LogP contribution is 2.26. The maximum absolute atomic E-state index is 4.53. The van der Waals surface area contributed by atoms with E-state index in [1.54, 1.807) is 11.3 Å². The van der Waals surface area contributed by atoms with Crippen LogP contribution in [0.5, 0.6) is 0 Å². The van der Waals surface area contributed by atoms with Crippen LogP contribution in [0.4, 0.5) is 0 Å². The van der Waals surface area contributed by atoms with Crippen LogP contribution in [-0.2, 0) is 20.0 Å². The van der Waals surface area contributed by atoms with E-state index in [0.29, 0.717) is 0 Å². The molecule has 21 heavy (non-hydrogen) atoms. The third kappa shape index (κ3) is 3.10. The molecule has 0 bridgehead atoms. The molecule has 0 aliphatic carbocycles. The van der Waals surface area contributed by atoms with Crippen LogP contribution in [0.2, 0.25) is 0 Å². The smallest absolute Gasteiger partial charge is 0.131 e. The van der Waals surface area contributed by atoms with Crippen molar-refractivity contribution >= 4 is 22.7 Å². The van der Waals surface area contributed by atoms with Gasteiger partial charge in [-0.3, -0.25) is 5.32 Å². The van der Waals surface area contributed by atoms with Crippen LogP contribution < -0.4 is 5.32 Å². The lowest BCUT2D eigenvalue weighted by Crippen LogP contribution is -2.24. The molecule has 0 aromatic carbocycles. The molecule has 0 fully saturated rings. The Labute approximate surface area is 133 Å². The van der Waals surface area contributed by atoms with E-state index in [0.717, 1.165) is 18.8 Å². The maximum Gasteiger partial charge on any atom is 0.131 e. The van der Waals surface area contributed by atoms with Gasteiger partial charge >= 0.3 is 0 Å². The molecule has 0 saturated carbocycles. The van der Waals surface area contributed by atoms with Crippen LogP contribution in [-0.4, -0.2) is 9.55 Å². The molecule has 3 heterocycles. The van der Waals surface area contributed by atoms with Gasteiger partial charge < -0.3 is 4.57 Å². The molecule has 0 radical (unpaired) electrons. The Bertz CT molecular complexity index is 682. The minimum atomic E-state index is 0.150. The van der Waals surface area contributed by atoms with Crippen molar-refractivity contribution in [2.24, 2.45) is 7.05 Å². The minimum absolute atomic E-state index is 0.150. The monoisotopic (exact) mass is 317 g/mol. The van der Waals surface area contributed by atoms with Crippen LogP contribution in [0.1, 0.15) is 34.1 Å². The maximum atomic E-state index is 4.53. The molecule has 0 saturated heterocycles. The average molecular weight is 317 g/mol. The number of rotatable bonds is 6. The quantitative estimate of drug-likeness (QED) is 0.745. The lowest BCUT2D eigenvalue weighted by molar-refractivity contribution is 0.567. The van der Waals surface area contributed by atoms with Crippen LogP contribution in [0, 0.1) is 0 Å². The Hall–Kier alpha value is -1.43.